The van der Waals surface area contributed by atoms with Gasteiger partial charge in [-0.3, -0.25) is 0 Å². The molecule has 0 spiro atoms. The molecule has 4 heteroatoms. The number of likely N-dealkylation sites (N-methyl/N-ethyl adjacent to an activating group) is 1. The smallest absolute Gasteiger partial charge is 0.119 e. The Morgan fingerprint density at radius 1 is 1.10 bits per heavy atom. The van der Waals surface area contributed by atoms with Gasteiger partial charge >= 0.3 is 0 Å². The fraction of sp³-hybridized carbons (Fsp3) is 0.235. The number of hydrogen-bond acceptors (Lipinski definition) is 3. The molecule has 0 heterocycles. The van der Waals surface area contributed by atoms with E-state index in [1.54, 1.807) is 0 Å². The van der Waals surface area contributed by atoms with Gasteiger partial charge in [0.25, 0.3) is 0 Å². The van der Waals surface area contributed by atoms with E-state index >= 15 is 0 Å². The molecule has 0 atom stereocenters. The predicted octanol–water partition coefficient (Wildman–Crippen LogP) is 3.03. The molecule has 3 nitrogen and oxygen atoms in total. The molecule has 110 valence electrons. The van der Waals surface area contributed by atoms with Crippen LogP contribution in [0.5, 0.6) is 5.75 Å². The summed E-state index contributed by atoms with van der Waals surface area (Å²) in [6.07, 6.45) is 0.631. The first-order valence-electron chi connectivity index (χ1n) is 6.91. The molecule has 2 aromatic carbocycles. The maximum Gasteiger partial charge on any atom is 0.119 e. The SMILES string of the molecule is CN(CCOc1ccc(CC(N)=S)cc1)c1ccccc1. The molecular formula is C17H20N2OS. The average Bonchev–Trinajstić information content (AvgIpc) is 2.49. The van der Waals surface area contributed by atoms with Crippen LogP contribution in [0.1, 0.15) is 5.56 Å². The van der Waals surface area contributed by atoms with Crippen molar-refractivity contribution in [2.75, 3.05) is 25.1 Å². The van der Waals surface area contributed by atoms with Crippen molar-refractivity contribution >= 4 is 22.9 Å². The molecule has 2 rings (SSSR count). The van der Waals surface area contributed by atoms with Crippen LogP contribution in [0.15, 0.2) is 54.6 Å². The van der Waals surface area contributed by atoms with E-state index in [-0.39, 0.29) is 0 Å². The van der Waals surface area contributed by atoms with E-state index < -0.39 is 0 Å². The summed E-state index contributed by atoms with van der Waals surface area (Å²) >= 11 is 4.90. The number of para-hydroxylation sites is 1. The van der Waals surface area contributed by atoms with E-state index in [2.05, 4.69) is 24.1 Å². The Labute approximate surface area is 131 Å². The monoisotopic (exact) mass is 300 g/mol. The van der Waals surface area contributed by atoms with Gasteiger partial charge in [0.1, 0.15) is 12.4 Å². The summed E-state index contributed by atoms with van der Waals surface area (Å²) < 4.78 is 5.75. The van der Waals surface area contributed by atoms with E-state index in [4.69, 9.17) is 22.7 Å². The molecule has 0 saturated carbocycles. The highest BCUT2D eigenvalue weighted by atomic mass is 32.1. The second kappa shape index (κ2) is 7.64. The van der Waals surface area contributed by atoms with Crippen molar-refractivity contribution in [3.8, 4) is 5.75 Å². The molecule has 2 N–H and O–H groups in total. The van der Waals surface area contributed by atoms with Gasteiger partial charge in [0.2, 0.25) is 0 Å². The Morgan fingerprint density at radius 2 is 1.76 bits per heavy atom. The third-order valence-corrected chi connectivity index (χ3v) is 3.34. The summed E-state index contributed by atoms with van der Waals surface area (Å²) in [4.78, 5) is 2.68. The highest BCUT2D eigenvalue weighted by Crippen LogP contribution is 2.14. The van der Waals surface area contributed by atoms with Gasteiger partial charge in [-0.2, -0.15) is 0 Å². The quantitative estimate of drug-likeness (QED) is 0.798. The second-order valence-electron chi connectivity index (χ2n) is 4.89. The summed E-state index contributed by atoms with van der Waals surface area (Å²) in [5.74, 6) is 0.864. The van der Waals surface area contributed by atoms with Crippen molar-refractivity contribution < 1.29 is 4.74 Å². The van der Waals surface area contributed by atoms with Crippen LogP contribution in [0.2, 0.25) is 0 Å². The van der Waals surface area contributed by atoms with E-state index in [1.165, 1.54) is 5.69 Å². The summed E-state index contributed by atoms with van der Waals surface area (Å²) in [6.45, 7) is 1.47. The van der Waals surface area contributed by atoms with Gasteiger partial charge in [-0.25, -0.2) is 0 Å². The summed E-state index contributed by atoms with van der Waals surface area (Å²) in [6, 6.07) is 18.2. The molecule has 0 bridgehead atoms. The summed E-state index contributed by atoms with van der Waals surface area (Å²) in [5, 5.41) is 0. The molecule has 21 heavy (non-hydrogen) atoms. The lowest BCUT2D eigenvalue weighted by Gasteiger charge is -2.19. The molecule has 0 unspecified atom stereocenters. The van der Waals surface area contributed by atoms with Gasteiger partial charge < -0.3 is 15.4 Å². The molecule has 0 saturated heterocycles. The van der Waals surface area contributed by atoms with Crippen LogP contribution in [0, 0.1) is 0 Å². The molecule has 0 amide bonds. The van der Waals surface area contributed by atoms with Crippen LogP contribution in [0.4, 0.5) is 5.69 Å². The minimum absolute atomic E-state index is 0.508. The highest BCUT2D eigenvalue weighted by molar-refractivity contribution is 7.80. The third kappa shape index (κ3) is 5.08. The largest absolute Gasteiger partial charge is 0.492 e. The van der Waals surface area contributed by atoms with Crippen LogP contribution >= 0.6 is 12.2 Å². The predicted molar refractivity (Wildman–Crippen MR) is 92.1 cm³/mol. The van der Waals surface area contributed by atoms with Gasteiger partial charge in [-0.05, 0) is 29.8 Å². The number of nitrogens with two attached hydrogens (primary N) is 1. The highest BCUT2D eigenvalue weighted by Gasteiger charge is 2.01. The van der Waals surface area contributed by atoms with Gasteiger partial charge in [0.15, 0.2) is 0 Å². The van der Waals surface area contributed by atoms with Gasteiger partial charge in [-0.15, -0.1) is 0 Å². The lowest BCUT2D eigenvalue weighted by molar-refractivity contribution is 0.326. The lowest BCUT2D eigenvalue weighted by atomic mass is 10.1. The van der Waals surface area contributed by atoms with E-state index in [9.17, 15) is 0 Å². The van der Waals surface area contributed by atoms with Crippen molar-refractivity contribution in [3.63, 3.8) is 0 Å². The number of rotatable bonds is 7. The van der Waals surface area contributed by atoms with E-state index in [0.717, 1.165) is 17.9 Å². The Hall–Kier alpha value is -2.07. The number of thiocarbonyl (C=S) groups is 1. The number of ether oxygens (including phenoxy) is 1. The van der Waals surface area contributed by atoms with Gasteiger partial charge in [-0.1, -0.05) is 42.5 Å². The normalized spacial score (nSPS) is 10.1. The molecular weight excluding hydrogens is 280 g/mol. The van der Waals surface area contributed by atoms with Crippen LogP contribution in [0.3, 0.4) is 0 Å². The van der Waals surface area contributed by atoms with Crippen LogP contribution in [0.25, 0.3) is 0 Å². The maximum atomic E-state index is 5.75. The second-order valence-corrected chi connectivity index (χ2v) is 5.42. The fourth-order valence-electron chi connectivity index (χ4n) is 2.02. The topological polar surface area (TPSA) is 38.5 Å². The summed E-state index contributed by atoms with van der Waals surface area (Å²) in [5.41, 5.74) is 7.82. The van der Waals surface area contributed by atoms with Crippen LogP contribution in [-0.4, -0.2) is 25.2 Å². The van der Waals surface area contributed by atoms with Crippen molar-refractivity contribution in [2.45, 2.75) is 6.42 Å². The third-order valence-electron chi connectivity index (χ3n) is 3.19. The van der Waals surface area contributed by atoms with Crippen LogP contribution < -0.4 is 15.4 Å². The summed E-state index contributed by atoms with van der Waals surface area (Å²) in [7, 11) is 2.06. The van der Waals surface area contributed by atoms with Gasteiger partial charge in [0, 0.05) is 19.2 Å². The lowest BCUT2D eigenvalue weighted by Crippen LogP contribution is -2.23. The zero-order chi connectivity index (χ0) is 15.1. The zero-order valence-corrected chi connectivity index (χ0v) is 13.0. The molecule has 0 radical (unpaired) electrons. The van der Waals surface area contributed by atoms with Crippen LogP contribution in [-0.2, 0) is 6.42 Å². The molecule has 0 aliphatic carbocycles. The Morgan fingerprint density at radius 3 is 2.38 bits per heavy atom. The average molecular weight is 300 g/mol. The zero-order valence-electron chi connectivity index (χ0n) is 12.2. The molecule has 0 aliphatic heterocycles. The molecule has 2 aromatic rings. The van der Waals surface area contributed by atoms with Gasteiger partial charge in [0.05, 0.1) is 11.5 Å². The standard InChI is InChI=1S/C17H20N2OS/c1-19(15-5-3-2-4-6-15)11-12-20-16-9-7-14(8-10-16)13-17(18)21/h2-10H,11-13H2,1H3,(H2,18,21). The Bertz CT molecular complexity index is 569. The maximum absolute atomic E-state index is 5.75. The van der Waals surface area contributed by atoms with Crippen molar-refractivity contribution in [3.05, 3.63) is 60.2 Å². The van der Waals surface area contributed by atoms with E-state index in [0.29, 0.717) is 18.0 Å². The van der Waals surface area contributed by atoms with Crippen molar-refractivity contribution in [2.24, 2.45) is 5.73 Å². The molecule has 0 fully saturated rings. The Kier molecular flexibility index (Phi) is 5.58. The first-order chi connectivity index (χ1) is 10.1. The van der Waals surface area contributed by atoms with Crippen molar-refractivity contribution in [1.82, 2.24) is 0 Å². The number of benzene rings is 2. The number of anilines is 1. The van der Waals surface area contributed by atoms with E-state index in [1.807, 2.05) is 42.5 Å². The fourth-order valence-corrected chi connectivity index (χ4v) is 2.18. The Balaban J connectivity index is 1.79. The first-order valence-corrected chi connectivity index (χ1v) is 7.32. The minimum atomic E-state index is 0.508. The number of hydrogen-bond donors (Lipinski definition) is 1. The molecule has 0 aromatic heterocycles. The van der Waals surface area contributed by atoms with Crippen molar-refractivity contribution in [1.29, 1.82) is 0 Å². The minimum Gasteiger partial charge on any atom is -0.492 e. The number of nitrogens with zero attached hydrogens (tertiary/aromatic N) is 1. The molecule has 0 aliphatic rings. The first kappa shape index (κ1) is 15.3.